The van der Waals surface area contributed by atoms with Gasteiger partial charge in [-0.1, -0.05) is 82.2 Å². The Balaban J connectivity index is 0.000000372. The summed E-state index contributed by atoms with van der Waals surface area (Å²) in [6.07, 6.45) is 16.8. The normalized spacial score (nSPS) is 18.1. The average Bonchev–Trinajstić information content (AvgIpc) is 3.58. The molecule has 3 fully saturated rings. The molecule has 2 saturated heterocycles. The van der Waals surface area contributed by atoms with Crippen LogP contribution in [0.5, 0.6) is 0 Å². The van der Waals surface area contributed by atoms with E-state index in [-0.39, 0.29) is 36.9 Å². The lowest BCUT2D eigenvalue weighted by Crippen LogP contribution is -2.41. The number of nitrogens with zero attached hydrogens (tertiary/aromatic N) is 1. The van der Waals surface area contributed by atoms with E-state index in [1.807, 2.05) is 41.3 Å². The van der Waals surface area contributed by atoms with Crippen LogP contribution in [0.1, 0.15) is 115 Å². The van der Waals surface area contributed by atoms with Crippen molar-refractivity contribution in [2.45, 2.75) is 122 Å². The first kappa shape index (κ1) is 44.5. The summed E-state index contributed by atoms with van der Waals surface area (Å²) in [4.78, 5) is 44.9. The van der Waals surface area contributed by atoms with E-state index in [9.17, 15) is 19.5 Å². The van der Waals surface area contributed by atoms with Crippen LogP contribution >= 0.6 is 0 Å². The van der Waals surface area contributed by atoms with Gasteiger partial charge in [0.05, 0.1) is 18.7 Å². The molecule has 0 aromatic heterocycles. The van der Waals surface area contributed by atoms with Gasteiger partial charge in [0.25, 0.3) is 5.91 Å². The maximum Gasteiger partial charge on any atom is 0.251 e. The van der Waals surface area contributed by atoms with E-state index < -0.39 is 6.10 Å². The van der Waals surface area contributed by atoms with E-state index in [1.54, 1.807) is 13.0 Å². The lowest BCUT2D eigenvalue weighted by Gasteiger charge is -2.21. The first-order valence-corrected chi connectivity index (χ1v) is 18.7. The van der Waals surface area contributed by atoms with E-state index in [2.05, 4.69) is 35.5 Å². The number of amides is 4. The quantitative estimate of drug-likeness (QED) is 0.155. The first-order chi connectivity index (χ1) is 24.2. The molecule has 2 aromatic carbocycles. The van der Waals surface area contributed by atoms with E-state index in [0.717, 1.165) is 55.3 Å². The number of hydrogen-bond acceptors (Lipinski definition) is 7. The van der Waals surface area contributed by atoms with Gasteiger partial charge in [-0.2, -0.15) is 0 Å². The summed E-state index contributed by atoms with van der Waals surface area (Å²) in [5, 5.41) is 19.9. The largest absolute Gasteiger partial charge is 0.391 e. The zero-order chi connectivity index (χ0) is 37.0. The predicted octanol–water partition coefficient (Wildman–Crippen LogP) is 4.64. The number of carbonyl (C=O) groups excluding carboxylic acids is 4. The van der Waals surface area contributed by atoms with Gasteiger partial charge >= 0.3 is 0 Å². The molecule has 8 N–H and O–H groups in total. The average molecular weight is 699 g/mol. The van der Waals surface area contributed by atoms with E-state index in [4.69, 9.17) is 10.5 Å². The van der Waals surface area contributed by atoms with Crippen molar-refractivity contribution in [1.29, 1.82) is 0 Å². The third-order valence-corrected chi connectivity index (χ3v) is 9.22. The van der Waals surface area contributed by atoms with Gasteiger partial charge in [-0.3, -0.25) is 19.2 Å². The van der Waals surface area contributed by atoms with Crippen LogP contribution in [0.3, 0.4) is 0 Å². The molecule has 0 radical (unpaired) electrons. The number of likely N-dealkylation sites (tertiary alicyclic amines) is 1. The molecule has 282 valence electrons. The number of unbranched alkanes of at least 4 members (excludes halogenated alkanes) is 1. The number of nitrogens with two attached hydrogens (primary N) is 2. The highest BCUT2D eigenvalue weighted by atomic mass is 16.3. The zero-order valence-electron chi connectivity index (χ0n) is 30.9. The number of benzene rings is 2. The maximum absolute atomic E-state index is 12.2. The first-order valence-electron chi connectivity index (χ1n) is 18.7. The molecule has 2 aromatic rings. The van der Waals surface area contributed by atoms with Crippen molar-refractivity contribution >= 4 is 35.4 Å². The SMILES string of the molecule is C1CCNCC1.CC(O)C(CCCCN)NC=O.CC1CCCCC1.CC1CCCN1C(=O)CNC(=O)c1ccc2ccccc2c1.NC=O. The van der Waals surface area contributed by atoms with Crippen LogP contribution < -0.4 is 27.4 Å². The second-order valence-electron chi connectivity index (χ2n) is 13.4. The second-order valence-corrected chi connectivity index (χ2v) is 13.4. The van der Waals surface area contributed by atoms with Crippen LogP contribution in [-0.4, -0.2) is 85.6 Å². The monoisotopic (exact) mass is 699 g/mol. The van der Waals surface area contributed by atoms with Gasteiger partial charge in [-0.05, 0) is 101 Å². The Kier molecular flexibility index (Phi) is 25.1. The van der Waals surface area contributed by atoms with Crippen molar-refractivity contribution in [3.8, 4) is 0 Å². The van der Waals surface area contributed by atoms with Gasteiger partial charge in [0.1, 0.15) is 0 Å². The Labute approximate surface area is 300 Å². The number of aliphatic hydroxyl groups excluding tert-OH is 1. The fourth-order valence-electron chi connectivity index (χ4n) is 6.16. The van der Waals surface area contributed by atoms with Crippen molar-refractivity contribution in [3.05, 3.63) is 48.0 Å². The fraction of sp³-hybridized carbons (Fsp3) is 0.641. The molecule has 3 unspecified atom stereocenters. The number of fused-ring (bicyclic) bond motifs is 1. The summed E-state index contributed by atoms with van der Waals surface area (Å²) in [6.45, 7) is 10.1. The summed E-state index contributed by atoms with van der Waals surface area (Å²) in [6, 6.07) is 13.6. The Bertz CT molecular complexity index is 1190. The maximum atomic E-state index is 12.2. The van der Waals surface area contributed by atoms with Crippen LogP contribution in [0.2, 0.25) is 0 Å². The lowest BCUT2D eigenvalue weighted by molar-refractivity contribution is -0.130. The number of primary amides is 1. The van der Waals surface area contributed by atoms with Gasteiger partial charge < -0.3 is 37.4 Å². The molecule has 4 amide bonds. The molecule has 0 bridgehead atoms. The highest BCUT2D eigenvalue weighted by molar-refractivity contribution is 6.00. The number of carbonyl (C=O) groups is 4. The molecule has 2 heterocycles. The number of rotatable bonds is 10. The molecule has 11 heteroatoms. The van der Waals surface area contributed by atoms with E-state index in [1.165, 1.54) is 64.5 Å². The lowest BCUT2D eigenvalue weighted by atomic mass is 9.91. The highest BCUT2D eigenvalue weighted by Crippen LogP contribution is 2.22. The molecule has 50 heavy (non-hydrogen) atoms. The zero-order valence-corrected chi connectivity index (χ0v) is 30.9. The van der Waals surface area contributed by atoms with Crippen LogP contribution in [0.25, 0.3) is 10.8 Å². The smallest absolute Gasteiger partial charge is 0.251 e. The van der Waals surface area contributed by atoms with Crippen molar-refractivity contribution in [2.75, 3.05) is 32.7 Å². The Hall–Kier alpha value is -3.54. The second kappa shape index (κ2) is 28.2. The highest BCUT2D eigenvalue weighted by Gasteiger charge is 2.25. The van der Waals surface area contributed by atoms with Crippen LogP contribution in [0.15, 0.2) is 42.5 Å². The summed E-state index contributed by atoms with van der Waals surface area (Å²) in [5.41, 5.74) is 10.1. The van der Waals surface area contributed by atoms with Crippen LogP contribution in [0.4, 0.5) is 0 Å². The molecule has 2 aliphatic heterocycles. The van der Waals surface area contributed by atoms with Crippen molar-refractivity contribution in [3.63, 3.8) is 0 Å². The Morgan fingerprint density at radius 3 is 2.06 bits per heavy atom. The Morgan fingerprint density at radius 1 is 0.940 bits per heavy atom. The molecule has 5 rings (SSSR count). The van der Waals surface area contributed by atoms with Gasteiger partial charge in [0.2, 0.25) is 18.7 Å². The van der Waals surface area contributed by atoms with E-state index >= 15 is 0 Å². The van der Waals surface area contributed by atoms with Gasteiger partial charge in [0, 0.05) is 18.2 Å². The number of piperidine rings is 1. The van der Waals surface area contributed by atoms with E-state index in [0.29, 0.717) is 18.5 Å². The van der Waals surface area contributed by atoms with Gasteiger partial charge in [-0.25, -0.2) is 0 Å². The Morgan fingerprint density at radius 2 is 1.58 bits per heavy atom. The van der Waals surface area contributed by atoms with Crippen molar-refractivity contribution < 1.29 is 24.3 Å². The summed E-state index contributed by atoms with van der Waals surface area (Å²) < 4.78 is 0. The molecule has 3 aliphatic rings. The topological polar surface area (TPSA) is 180 Å². The molecular formula is C39H66N6O5. The molecule has 11 nitrogen and oxygen atoms in total. The minimum Gasteiger partial charge on any atom is -0.391 e. The van der Waals surface area contributed by atoms with Crippen molar-refractivity contribution in [2.24, 2.45) is 17.4 Å². The predicted molar refractivity (Wildman–Crippen MR) is 203 cm³/mol. The molecular weight excluding hydrogens is 632 g/mol. The fourth-order valence-corrected chi connectivity index (χ4v) is 6.16. The third kappa shape index (κ3) is 19.6. The van der Waals surface area contributed by atoms with Crippen molar-refractivity contribution in [1.82, 2.24) is 20.9 Å². The summed E-state index contributed by atoms with van der Waals surface area (Å²) in [7, 11) is 0. The van der Waals surface area contributed by atoms with Gasteiger partial charge in [-0.15, -0.1) is 0 Å². The molecule has 1 aliphatic carbocycles. The molecule has 0 spiro atoms. The van der Waals surface area contributed by atoms with Crippen LogP contribution in [0, 0.1) is 5.92 Å². The number of nitrogens with one attached hydrogen (secondary N) is 3. The third-order valence-electron chi connectivity index (χ3n) is 9.22. The minimum atomic E-state index is -0.493. The summed E-state index contributed by atoms with van der Waals surface area (Å²) in [5.74, 6) is 0.832. The standard InChI is InChI=1S/C18H20N2O2.C8H18N2O2.C7H14.C5H11N.CH3NO/c1-13-5-4-10-20(13)17(21)12-19-18(22)16-9-8-14-6-2-3-7-15(14)11-16;1-7(12)8(10-6-11)4-2-3-5-9;1-7-5-3-2-4-6-7;1-2-4-6-5-3-1;2-1-3/h2-3,6-9,11,13H,4-5,10,12H2,1H3,(H,19,22);6-8,12H,2-5,9H2,1H3,(H,10,11);7H,2-6H2,1H3;6H,1-5H2;1H,(H2,2,3). The van der Waals surface area contributed by atoms with Crippen LogP contribution in [-0.2, 0) is 14.4 Å². The summed E-state index contributed by atoms with van der Waals surface area (Å²) >= 11 is 0. The number of hydrogen-bond donors (Lipinski definition) is 6. The molecule has 1 saturated carbocycles. The van der Waals surface area contributed by atoms with Gasteiger partial charge in [0.15, 0.2) is 0 Å². The molecule has 3 atom stereocenters. The number of aliphatic hydroxyl groups is 1. The minimum absolute atomic E-state index is 0.000797.